The molecule has 0 aromatic rings. The molecule has 0 radical (unpaired) electrons. The van der Waals surface area contributed by atoms with Gasteiger partial charge in [-0.25, -0.2) is 9.59 Å². The maximum absolute atomic E-state index is 10.2. The van der Waals surface area contributed by atoms with Crippen LogP contribution in [0.25, 0.3) is 0 Å². The summed E-state index contributed by atoms with van der Waals surface area (Å²) in [4.78, 5) is 23.8. The second kappa shape index (κ2) is 3.71. The molecule has 0 aliphatic rings. The van der Waals surface area contributed by atoms with Crippen LogP contribution in [0.5, 0.6) is 0 Å². The summed E-state index contributed by atoms with van der Waals surface area (Å²) in [6, 6.07) is 0. The minimum absolute atomic E-state index is 0.153. The van der Waals surface area contributed by atoms with E-state index in [-0.39, 0.29) is 6.42 Å². The largest absolute Gasteiger partial charge is 0.463 e. The molecule has 0 aliphatic carbocycles. The summed E-state index contributed by atoms with van der Waals surface area (Å²) in [5.74, 6) is -0.600. The van der Waals surface area contributed by atoms with Gasteiger partial charge in [-0.15, -0.1) is 5.48 Å². The number of hydrogen-bond acceptors (Lipinski definition) is 3. The van der Waals surface area contributed by atoms with Crippen molar-refractivity contribution in [3.8, 4) is 0 Å². The lowest BCUT2D eigenvalue weighted by atomic mass is 10.5. The minimum atomic E-state index is -1.38. The Labute approximate surface area is 51.6 Å². The number of carboxylic acid groups (broad SMARTS) is 1. The van der Waals surface area contributed by atoms with Crippen LogP contribution in [0.3, 0.4) is 0 Å². The molecule has 0 saturated heterocycles. The third-order valence-corrected chi connectivity index (χ3v) is 0.541. The Bertz CT molecular complexity index is 122. The van der Waals surface area contributed by atoms with Gasteiger partial charge in [0.05, 0.1) is 0 Å². The van der Waals surface area contributed by atoms with Crippen LogP contribution in [0.2, 0.25) is 0 Å². The molecule has 0 aromatic carbocycles. The van der Waals surface area contributed by atoms with E-state index in [2.05, 4.69) is 4.84 Å². The molecule has 0 bridgehead atoms. The Morgan fingerprint density at radius 1 is 1.67 bits per heavy atom. The molecule has 5 heteroatoms. The van der Waals surface area contributed by atoms with Crippen molar-refractivity contribution in [1.82, 2.24) is 5.48 Å². The van der Waals surface area contributed by atoms with Gasteiger partial charge in [-0.3, -0.25) is 0 Å². The number of hydrogen-bond donors (Lipinski definition) is 2. The van der Waals surface area contributed by atoms with Crippen LogP contribution in [0.1, 0.15) is 13.3 Å². The predicted octanol–water partition coefficient (Wildman–Crippen LogP) is 0.122. The summed E-state index contributed by atoms with van der Waals surface area (Å²) in [6.45, 7) is 1.56. The van der Waals surface area contributed by atoms with Gasteiger partial charge in [0.25, 0.3) is 0 Å². The standard InChI is InChI=1S/C4H7NO4/c1-2-3(6)9-5-4(7)8/h5H,2H2,1H3,(H,7,8). The molecule has 0 fully saturated rings. The molecule has 5 nitrogen and oxygen atoms in total. The number of carbonyl (C=O) groups is 2. The van der Waals surface area contributed by atoms with Crippen molar-refractivity contribution in [1.29, 1.82) is 0 Å². The summed E-state index contributed by atoms with van der Waals surface area (Å²) in [7, 11) is 0. The molecule has 2 N–H and O–H groups in total. The Morgan fingerprint density at radius 2 is 2.22 bits per heavy atom. The first-order valence-corrected chi connectivity index (χ1v) is 2.35. The zero-order valence-corrected chi connectivity index (χ0v) is 4.88. The molecular weight excluding hydrogens is 126 g/mol. The fourth-order valence-corrected chi connectivity index (χ4v) is 0.173. The molecule has 0 saturated carbocycles. The van der Waals surface area contributed by atoms with Crippen LogP contribution >= 0.6 is 0 Å². The van der Waals surface area contributed by atoms with Crippen molar-refractivity contribution in [3.63, 3.8) is 0 Å². The molecule has 0 heterocycles. The smallest absolute Gasteiger partial charge is 0.438 e. The van der Waals surface area contributed by atoms with Crippen molar-refractivity contribution in [3.05, 3.63) is 0 Å². The van der Waals surface area contributed by atoms with Gasteiger partial charge in [0.1, 0.15) is 0 Å². The number of amides is 1. The van der Waals surface area contributed by atoms with E-state index >= 15 is 0 Å². The summed E-state index contributed by atoms with van der Waals surface area (Å²) in [5, 5.41) is 7.87. The zero-order valence-electron chi connectivity index (χ0n) is 4.88. The average Bonchev–Trinajstić information content (AvgIpc) is 1.83. The van der Waals surface area contributed by atoms with E-state index in [1.54, 1.807) is 6.92 Å². The summed E-state index contributed by atoms with van der Waals surface area (Å²) in [5.41, 5.74) is 1.46. The maximum Gasteiger partial charge on any atom is 0.438 e. The first-order valence-electron chi connectivity index (χ1n) is 2.35. The molecule has 52 valence electrons. The first-order chi connectivity index (χ1) is 4.16. The van der Waals surface area contributed by atoms with Crippen LogP contribution in [0.15, 0.2) is 0 Å². The third kappa shape index (κ3) is 4.60. The lowest BCUT2D eigenvalue weighted by Gasteiger charge is -1.97. The van der Waals surface area contributed by atoms with Gasteiger partial charge in [0.2, 0.25) is 0 Å². The van der Waals surface area contributed by atoms with Gasteiger partial charge in [-0.2, -0.15) is 0 Å². The highest BCUT2D eigenvalue weighted by Crippen LogP contribution is 1.78. The highest BCUT2D eigenvalue weighted by molar-refractivity contribution is 5.71. The lowest BCUT2D eigenvalue weighted by Crippen LogP contribution is -2.24. The highest BCUT2D eigenvalue weighted by Gasteiger charge is 1.99. The van der Waals surface area contributed by atoms with Crippen LogP contribution in [-0.4, -0.2) is 17.2 Å². The van der Waals surface area contributed by atoms with Crippen LogP contribution in [0, 0.1) is 0 Å². The van der Waals surface area contributed by atoms with Gasteiger partial charge in [-0.1, -0.05) is 6.92 Å². The summed E-state index contributed by atoms with van der Waals surface area (Å²) < 4.78 is 0. The van der Waals surface area contributed by atoms with Crippen LogP contribution in [-0.2, 0) is 9.63 Å². The van der Waals surface area contributed by atoms with Crippen molar-refractivity contribution in [2.75, 3.05) is 0 Å². The topological polar surface area (TPSA) is 75.6 Å². The predicted molar refractivity (Wildman–Crippen MR) is 27.5 cm³/mol. The number of rotatable bonds is 1. The monoisotopic (exact) mass is 133 g/mol. The molecule has 0 atom stereocenters. The van der Waals surface area contributed by atoms with E-state index in [9.17, 15) is 9.59 Å². The quantitative estimate of drug-likeness (QED) is 0.498. The van der Waals surface area contributed by atoms with Gasteiger partial charge in [0, 0.05) is 6.42 Å². The van der Waals surface area contributed by atoms with Gasteiger partial charge >= 0.3 is 12.1 Å². The Hall–Kier alpha value is -1.26. The fourth-order valence-electron chi connectivity index (χ4n) is 0.173. The van der Waals surface area contributed by atoms with Gasteiger partial charge in [0.15, 0.2) is 0 Å². The zero-order chi connectivity index (χ0) is 7.28. The normalized spacial score (nSPS) is 8.11. The SMILES string of the molecule is CCC(=O)ONC(=O)O. The van der Waals surface area contributed by atoms with Crippen LogP contribution < -0.4 is 5.48 Å². The number of hydroxylamine groups is 1. The van der Waals surface area contributed by atoms with E-state index in [0.717, 1.165) is 0 Å². The van der Waals surface area contributed by atoms with Crippen LogP contribution in [0.4, 0.5) is 4.79 Å². The molecule has 0 unspecified atom stereocenters. The Balaban J connectivity index is 3.28. The van der Waals surface area contributed by atoms with E-state index in [0.29, 0.717) is 0 Å². The molecular formula is C4H7NO4. The minimum Gasteiger partial charge on any atom is -0.463 e. The second-order valence-electron chi connectivity index (χ2n) is 1.23. The summed E-state index contributed by atoms with van der Waals surface area (Å²) >= 11 is 0. The van der Waals surface area contributed by atoms with Gasteiger partial charge in [-0.05, 0) is 0 Å². The second-order valence-corrected chi connectivity index (χ2v) is 1.23. The third-order valence-electron chi connectivity index (χ3n) is 0.541. The fraction of sp³-hybridized carbons (Fsp3) is 0.500. The molecule has 0 aromatic heterocycles. The number of carbonyl (C=O) groups excluding carboxylic acids is 1. The molecule has 0 aliphatic heterocycles. The highest BCUT2D eigenvalue weighted by atomic mass is 16.7. The van der Waals surface area contributed by atoms with Crippen molar-refractivity contribution < 1.29 is 19.5 Å². The first kappa shape index (κ1) is 7.74. The Morgan fingerprint density at radius 3 is 2.56 bits per heavy atom. The van der Waals surface area contributed by atoms with E-state index in [1.165, 1.54) is 5.48 Å². The van der Waals surface area contributed by atoms with E-state index in [1.807, 2.05) is 0 Å². The number of nitrogens with one attached hydrogen (secondary N) is 1. The lowest BCUT2D eigenvalue weighted by molar-refractivity contribution is -0.149. The molecule has 9 heavy (non-hydrogen) atoms. The van der Waals surface area contributed by atoms with Gasteiger partial charge < -0.3 is 9.94 Å². The van der Waals surface area contributed by atoms with Crippen molar-refractivity contribution in [2.24, 2.45) is 0 Å². The molecule has 0 spiro atoms. The summed E-state index contributed by atoms with van der Waals surface area (Å²) in [6.07, 6.45) is -1.22. The molecule has 0 rings (SSSR count). The van der Waals surface area contributed by atoms with E-state index in [4.69, 9.17) is 5.11 Å². The maximum atomic E-state index is 10.2. The van der Waals surface area contributed by atoms with Crippen molar-refractivity contribution >= 4 is 12.1 Å². The average molecular weight is 133 g/mol. The Kier molecular flexibility index (Phi) is 3.19. The van der Waals surface area contributed by atoms with Crippen molar-refractivity contribution in [2.45, 2.75) is 13.3 Å². The van der Waals surface area contributed by atoms with E-state index < -0.39 is 12.1 Å². The molecule has 1 amide bonds.